The Morgan fingerprint density at radius 1 is 1.38 bits per heavy atom. The van der Waals surface area contributed by atoms with Crippen LogP contribution in [-0.2, 0) is 4.79 Å². The summed E-state index contributed by atoms with van der Waals surface area (Å²) in [5.41, 5.74) is 6.15. The van der Waals surface area contributed by atoms with Crippen LogP contribution < -0.4 is 16.4 Å². The lowest BCUT2D eigenvalue weighted by Gasteiger charge is -2.25. The number of benzene rings is 1. The van der Waals surface area contributed by atoms with Gasteiger partial charge in [0, 0.05) is 24.3 Å². The number of hydrogen-bond acceptors (Lipinski definition) is 3. The molecule has 1 saturated heterocycles. The molecule has 0 aliphatic carbocycles. The van der Waals surface area contributed by atoms with E-state index >= 15 is 0 Å². The van der Waals surface area contributed by atoms with Crippen LogP contribution in [0.4, 0.5) is 5.69 Å². The molecule has 0 radical (unpaired) electrons. The van der Waals surface area contributed by atoms with Crippen molar-refractivity contribution in [3.8, 4) is 0 Å². The molecule has 2 rings (SSSR count). The van der Waals surface area contributed by atoms with E-state index in [1.54, 1.807) is 24.3 Å². The lowest BCUT2D eigenvalue weighted by Crippen LogP contribution is -2.48. The zero-order chi connectivity index (χ0) is 11.5. The Kier molecular flexibility index (Phi) is 2.87. The summed E-state index contributed by atoms with van der Waals surface area (Å²) < 4.78 is 0. The van der Waals surface area contributed by atoms with Crippen molar-refractivity contribution in [2.24, 2.45) is 11.7 Å². The second kappa shape index (κ2) is 4.32. The van der Waals surface area contributed by atoms with Crippen LogP contribution in [0.25, 0.3) is 0 Å². The zero-order valence-electron chi connectivity index (χ0n) is 8.69. The van der Waals surface area contributed by atoms with Crippen LogP contribution in [0.2, 0.25) is 0 Å². The van der Waals surface area contributed by atoms with Crippen molar-refractivity contribution < 1.29 is 9.59 Å². The molecule has 1 aliphatic rings. The maximum absolute atomic E-state index is 11.6. The quantitative estimate of drug-likeness (QED) is 0.666. The van der Waals surface area contributed by atoms with E-state index in [2.05, 4.69) is 10.6 Å². The van der Waals surface area contributed by atoms with E-state index in [-0.39, 0.29) is 11.8 Å². The van der Waals surface area contributed by atoms with Gasteiger partial charge in [-0.15, -0.1) is 0 Å². The number of nitrogens with two attached hydrogens (primary N) is 1. The van der Waals surface area contributed by atoms with Crippen molar-refractivity contribution in [1.82, 2.24) is 5.32 Å². The topological polar surface area (TPSA) is 84.2 Å². The molecule has 0 bridgehead atoms. The van der Waals surface area contributed by atoms with E-state index in [4.69, 9.17) is 5.73 Å². The average molecular weight is 219 g/mol. The molecular formula is C11H13N3O2. The third kappa shape index (κ3) is 2.20. The Labute approximate surface area is 93.0 Å². The summed E-state index contributed by atoms with van der Waals surface area (Å²) >= 11 is 0. The highest BCUT2D eigenvalue weighted by Crippen LogP contribution is 2.13. The fraction of sp³-hybridized carbons (Fsp3) is 0.273. The lowest BCUT2D eigenvalue weighted by atomic mass is 10.0. The van der Waals surface area contributed by atoms with Crippen molar-refractivity contribution in [3.63, 3.8) is 0 Å². The van der Waals surface area contributed by atoms with Crippen molar-refractivity contribution in [2.45, 2.75) is 0 Å². The van der Waals surface area contributed by atoms with Crippen molar-refractivity contribution in [3.05, 3.63) is 29.8 Å². The minimum absolute atomic E-state index is 0.0252. The summed E-state index contributed by atoms with van der Waals surface area (Å²) in [5, 5.41) is 5.77. The van der Waals surface area contributed by atoms with Gasteiger partial charge in [-0.3, -0.25) is 9.59 Å². The number of anilines is 1. The monoisotopic (exact) mass is 219 g/mol. The van der Waals surface area contributed by atoms with E-state index in [1.807, 2.05) is 0 Å². The van der Waals surface area contributed by atoms with Crippen LogP contribution in [-0.4, -0.2) is 24.9 Å². The highest BCUT2D eigenvalue weighted by molar-refractivity contribution is 5.97. The number of nitrogens with one attached hydrogen (secondary N) is 2. The van der Waals surface area contributed by atoms with E-state index in [0.29, 0.717) is 24.3 Å². The molecule has 16 heavy (non-hydrogen) atoms. The number of rotatable bonds is 3. The summed E-state index contributed by atoms with van der Waals surface area (Å²) in [4.78, 5) is 22.5. The Bertz CT molecular complexity index is 427. The normalized spacial score (nSPS) is 15.2. The van der Waals surface area contributed by atoms with Crippen LogP contribution in [0.1, 0.15) is 10.4 Å². The minimum Gasteiger partial charge on any atom is -0.366 e. The highest BCUT2D eigenvalue weighted by atomic mass is 16.2. The first-order chi connectivity index (χ1) is 7.66. The molecule has 1 aliphatic heterocycles. The van der Waals surface area contributed by atoms with Crippen molar-refractivity contribution in [2.75, 3.05) is 18.4 Å². The largest absolute Gasteiger partial charge is 0.366 e. The van der Waals surface area contributed by atoms with Gasteiger partial charge in [-0.25, -0.2) is 0 Å². The standard InChI is InChI=1S/C11H13N3O2/c12-10(15)7-2-1-3-9(4-7)14-11(16)8-5-13-6-8/h1-4,8,13H,5-6H2,(H2,12,15)(H,14,16). The molecule has 2 amide bonds. The SMILES string of the molecule is NC(=O)c1cccc(NC(=O)C2CNC2)c1. The second-order valence-corrected chi connectivity index (χ2v) is 3.79. The van der Waals surface area contributed by atoms with Gasteiger partial charge in [-0.2, -0.15) is 0 Å². The Morgan fingerprint density at radius 2 is 2.12 bits per heavy atom. The molecule has 1 heterocycles. The third-order valence-corrected chi connectivity index (χ3v) is 2.57. The van der Waals surface area contributed by atoms with Gasteiger partial charge in [-0.1, -0.05) is 6.07 Å². The molecule has 5 heteroatoms. The maximum Gasteiger partial charge on any atom is 0.248 e. The summed E-state index contributed by atoms with van der Waals surface area (Å²) in [6.07, 6.45) is 0. The van der Waals surface area contributed by atoms with Gasteiger partial charge in [0.25, 0.3) is 0 Å². The minimum atomic E-state index is -0.499. The molecule has 1 aromatic rings. The van der Waals surface area contributed by atoms with E-state index in [9.17, 15) is 9.59 Å². The second-order valence-electron chi connectivity index (χ2n) is 3.79. The van der Waals surface area contributed by atoms with E-state index in [1.165, 1.54) is 0 Å². The average Bonchev–Trinajstić information content (AvgIpc) is 2.15. The molecule has 0 spiro atoms. The van der Waals surface area contributed by atoms with Crippen molar-refractivity contribution >= 4 is 17.5 Å². The number of amides is 2. The third-order valence-electron chi connectivity index (χ3n) is 2.57. The first-order valence-electron chi connectivity index (χ1n) is 5.08. The smallest absolute Gasteiger partial charge is 0.248 e. The fourth-order valence-corrected chi connectivity index (χ4v) is 1.47. The molecule has 0 saturated carbocycles. The molecule has 4 N–H and O–H groups in total. The van der Waals surface area contributed by atoms with Crippen LogP contribution in [0, 0.1) is 5.92 Å². The Morgan fingerprint density at radius 3 is 2.69 bits per heavy atom. The zero-order valence-corrected chi connectivity index (χ0v) is 8.69. The fourth-order valence-electron chi connectivity index (χ4n) is 1.47. The van der Waals surface area contributed by atoms with Gasteiger partial charge in [-0.05, 0) is 18.2 Å². The molecule has 84 valence electrons. The van der Waals surface area contributed by atoms with Crippen LogP contribution in [0.3, 0.4) is 0 Å². The summed E-state index contributed by atoms with van der Waals surface area (Å²) in [7, 11) is 0. The van der Waals surface area contributed by atoms with Crippen LogP contribution in [0.5, 0.6) is 0 Å². The lowest BCUT2D eigenvalue weighted by molar-refractivity contribution is -0.121. The first kappa shape index (κ1) is 10.6. The van der Waals surface area contributed by atoms with Gasteiger partial charge in [0.1, 0.15) is 0 Å². The summed E-state index contributed by atoms with van der Waals surface area (Å²) in [5.74, 6) is -0.501. The highest BCUT2D eigenvalue weighted by Gasteiger charge is 2.24. The Hall–Kier alpha value is -1.88. The number of primary amides is 1. The van der Waals surface area contributed by atoms with Gasteiger partial charge in [0.15, 0.2) is 0 Å². The van der Waals surface area contributed by atoms with Gasteiger partial charge in [0.05, 0.1) is 5.92 Å². The number of hydrogen-bond donors (Lipinski definition) is 3. The van der Waals surface area contributed by atoms with Gasteiger partial charge < -0.3 is 16.4 Å². The first-order valence-corrected chi connectivity index (χ1v) is 5.08. The molecule has 0 unspecified atom stereocenters. The van der Waals surface area contributed by atoms with Crippen LogP contribution >= 0.6 is 0 Å². The van der Waals surface area contributed by atoms with E-state index in [0.717, 1.165) is 0 Å². The number of carbonyl (C=O) groups excluding carboxylic acids is 2. The molecule has 1 fully saturated rings. The molecule has 1 aromatic carbocycles. The van der Waals surface area contributed by atoms with Gasteiger partial charge >= 0.3 is 0 Å². The molecule has 5 nitrogen and oxygen atoms in total. The molecule has 0 aromatic heterocycles. The van der Waals surface area contributed by atoms with E-state index < -0.39 is 5.91 Å². The Balaban J connectivity index is 2.05. The number of carbonyl (C=O) groups is 2. The van der Waals surface area contributed by atoms with Crippen molar-refractivity contribution in [1.29, 1.82) is 0 Å². The predicted molar refractivity (Wildman–Crippen MR) is 59.9 cm³/mol. The van der Waals surface area contributed by atoms with Crippen LogP contribution in [0.15, 0.2) is 24.3 Å². The predicted octanol–water partition coefficient (Wildman–Crippen LogP) is -0.0566. The van der Waals surface area contributed by atoms with Gasteiger partial charge in [0.2, 0.25) is 11.8 Å². The summed E-state index contributed by atoms with van der Waals surface area (Å²) in [6, 6.07) is 6.61. The maximum atomic E-state index is 11.6. The molecular weight excluding hydrogens is 206 g/mol. The molecule has 0 atom stereocenters. The summed E-state index contributed by atoms with van der Waals surface area (Å²) in [6.45, 7) is 1.42.